The van der Waals surface area contributed by atoms with Gasteiger partial charge < -0.3 is 10.6 Å². The molecule has 0 unspecified atom stereocenters. The summed E-state index contributed by atoms with van der Waals surface area (Å²) in [6.45, 7) is 3.15. The number of amidine groups is 1. The molecular formula is C13H18ClN3. The van der Waals surface area contributed by atoms with Crippen LogP contribution in [0.15, 0.2) is 18.2 Å². The Morgan fingerprint density at radius 2 is 2.24 bits per heavy atom. The highest BCUT2D eigenvalue weighted by Gasteiger charge is 2.30. The Hall–Kier alpha value is -1.22. The van der Waals surface area contributed by atoms with Crippen LogP contribution in [0.2, 0.25) is 5.02 Å². The molecule has 3 nitrogen and oxygen atoms in total. The molecule has 1 aromatic rings. The zero-order valence-corrected chi connectivity index (χ0v) is 10.8. The van der Waals surface area contributed by atoms with Crippen molar-refractivity contribution in [3.63, 3.8) is 0 Å². The Morgan fingerprint density at radius 1 is 1.53 bits per heavy atom. The van der Waals surface area contributed by atoms with Gasteiger partial charge in [0.2, 0.25) is 0 Å². The maximum Gasteiger partial charge on any atom is 0.126 e. The Morgan fingerprint density at radius 3 is 2.76 bits per heavy atom. The molecule has 0 amide bonds. The molecule has 0 saturated heterocycles. The quantitative estimate of drug-likeness (QED) is 0.624. The van der Waals surface area contributed by atoms with E-state index in [2.05, 4.69) is 11.8 Å². The predicted molar refractivity (Wildman–Crippen MR) is 73.1 cm³/mol. The Kier molecular flexibility index (Phi) is 3.57. The van der Waals surface area contributed by atoms with Gasteiger partial charge in [-0.2, -0.15) is 0 Å². The van der Waals surface area contributed by atoms with Crippen molar-refractivity contribution in [2.45, 2.75) is 32.2 Å². The van der Waals surface area contributed by atoms with Crippen molar-refractivity contribution in [2.24, 2.45) is 5.73 Å². The van der Waals surface area contributed by atoms with Gasteiger partial charge in [-0.05, 0) is 31.4 Å². The van der Waals surface area contributed by atoms with E-state index in [-0.39, 0.29) is 5.84 Å². The standard InChI is InChI=1S/C13H18ClN3/c1-2-8-17(9-6-7-9)11-5-3-4-10(14)12(11)13(15)16/h3-5,9H,2,6-8H2,1H3,(H3,15,16). The van der Waals surface area contributed by atoms with Crippen LogP contribution in [0.5, 0.6) is 0 Å². The summed E-state index contributed by atoms with van der Waals surface area (Å²) in [5.41, 5.74) is 7.33. The third-order valence-corrected chi connectivity index (χ3v) is 3.34. The van der Waals surface area contributed by atoms with Crippen molar-refractivity contribution in [1.29, 1.82) is 5.41 Å². The summed E-state index contributed by atoms with van der Waals surface area (Å²) in [6, 6.07) is 6.33. The second-order valence-corrected chi connectivity index (χ2v) is 4.88. The first-order chi connectivity index (χ1) is 8.15. The number of nitrogens with one attached hydrogen (secondary N) is 1. The minimum Gasteiger partial charge on any atom is -0.384 e. The van der Waals surface area contributed by atoms with E-state index >= 15 is 0 Å². The molecule has 92 valence electrons. The smallest absolute Gasteiger partial charge is 0.126 e. The number of hydrogen-bond acceptors (Lipinski definition) is 2. The summed E-state index contributed by atoms with van der Waals surface area (Å²) >= 11 is 6.15. The van der Waals surface area contributed by atoms with Gasteiger partial charge in [0, 0.05) is 18.3 Å². The topological polar surface area (TPSA) is 53.1 Å². The largest absolute Gasteiger partial charge is 0.384 e. The average Bonchev–Trinajstić information content (AvgIpc) is 3.08. The molecule has 0 aliphatic heterocycles. The highest BCUT2D eigenvalue weighted by molar-refractivity contribution is 6.34. The zero-order valence-electron chi connectivity index (χ0n) is 10.0. The lowest BCUT2D eigenvalue weighted by Gasteiger charge is -2.26. The third-order valence-electron chi connectivity index (χ3n) is 3.02. The van der Waals surface area contributed by atoms with E-state index in [1.165, 1.54) is 12.8 Å². The van der Waals surface area contributed by atoms with Crippen LogP contribution in [-0.4, -0.2) is 18.4 Å². The average molecular weight is 252 g/mol. The van der Waals surface area contributed by atoms with Crippen molar-refractivity contribution in [3.8, 4) is 0 Å². The third kappa shape index (κ3) is 2.55. The Labute approximate surface area is 107 Å². The number of nitrogen functional groups attached to an aromatic ring is 1. The van der Waals surface area contributed by atoms with E-state index in [4.69, 9.17) is 22.7 Å². The zero-order chi connectivity index (χ0) is 12.4. The lowest BCUT2D eigenvalue weighted by molar-refractivity contribution is 0.762. The molecule has 0 bridgehead atoms. The maximum absolute atomic E-state index is 7.67. The Bertz CT molecular complexity index is 427. The molecule has 2 rings (SSSR count). The van der Waals surface area contributed by atoms with Crippen LogP contribution in [0.1, 0.15) is 31.7 Å². The van der Waals surface area contributed by atoms with Crippen molar-refractivity contribution >= 4 is 23.1 Å². The minimum atomic E-state index is 0.0485. The molecule has 0 heterocycles. The number of rotatable bonds is 5. The van der Waals surface area contributed by atoms with Gasteiger partial charge in [0.05, 0.1) is 10.6 Å². The number of halogens is 1. The van der Waals surface area contributed by atoms with Gasteiger partial charge in [0.1, 0.15) is 5.84 Å². The van der Waals surface area contributed by atoms with Gasteiger partial charge in [0.25, 0.3) is 0 Å². The van der Waals surface area contributed by atoms with E-state index in [0.29, 0.717) is 16.6 Å². The monoisotopic (exact) mass is 251 g/mol. The number of benzene rings is 1. The number of nitrogens with two attached hydrogens (primary N) is 1. The molecule has 0 radical (unpaired) electrons. The van der Waals surface area contributed by atoms with Gasteiger partial charge in [-0.25, -0.2) is 0 Å². The van der Waals surface area contributed by atoms with Gasteiger partial charge >= 0.3 is 0 Å². The summed E-state index contributed by atoms with van der Waals surface area (Å²) < 4.78 is 0. The van der Waals surface area contributed by atoms with Crippen LogP contribution >= 0.6 is 11.6 Å². The van der Waals surface area contributed by atoms with Gasteiger partial charge in [-0.1, -0.05) is 24.6 Å². The van der Waals surface area contributed by atoms with Gasteiger partial charge in [-0.3, -0.25) is 5.41 Å². The van der Waals surface area contributed by atoms with Crippen LogP contribution in [0.3, 0.4) is 0 Å². The fourth-order valence-electron chi connectivity index (χ4n) is 2.15. The first-order valence-corrected chi connectivity index (χ1v) is 6.42. The lowest BCUT2D eigenvalue weighted by Crippen LogP contribution is -2.29. The van der Waals surface area contributed by atoms with Crippen molar-refractivity contribution in [2.75, 3.05) is 11.4 Å². The normalized spacial score (nSPS) is 14.7. The fourth-order valence-corrected chi connectivity index (χ4v) is 2.42. The van der Waals surface area contributed by atoms with E-state index in [1.54, 1.807) is 6.07 Å². The summed E-state index contributed by atoms with van der Waals surface area (Å²) in [7, 11) is 0. The number of hydrogen-bond donors (Lipinski definition) is 2. The molecule has 17 heavy (non-hydrogen) atoms. The van der Waals surface area contributed by atoms with Crippen LogP contribution in [-0.2, 0) is 0 Å². The lowest BCUT2D eigenvalue weighted by atomic mass is 10.1. The fraction of sp³-hybridized carbons (Fsp3) is 0.462. The molecule has 1 aromatic carbocycles. The van der Waals surface area contributed by atoms with E-state index < -0.39 is 0 Å². The maximum atomic E-state index is 7.67. The van der Waals surface area contributed by atoms with Crippen LogP contribution in [0.4, 0.5) is 5.69 Å². The molecule has 4 heteroatoms. The van der Waals surface area contributed by atoms with Crippen molar-refractivity contribution in [3.05, 3.63) is 28.8 Å². The second kappa shape index (κ2) is 4.96. The molecule has 1 aliphatic carbocycles. The molecule has 3 N–H and O–H groups in total. The first-order valence-electron chi connectivity index (χ1n) is 6.04. The molecule has 1 fully saturated rings. The molecular weight excluding hydrogens is 234 g/mol. The molecule has 1 saturated carbocycles. The number of nitrogens with zero attached hydrogens (tertiary/aromatic N) is 1. The molecule has 0 spiro atoms. The van der Waals surface area contributed by atoms with Crippen molar-refractivity contribution in [1.82, 2.24) is 0 Å². The predicted octanol–water partition coefficient (Wildman–Crippen LogP) is 3.00. The Balaban J connectivity index is 2.41. The minimum absolute atomic E-state index is 0.0485. The van der Waals surface area contributed by atoms with E-state index in [1.807, 2.05) is 12.1 Å². The van der Waals surface area contributed by atoms with Crippen LogP contribution < -0.4 is 10.6 Å². The van der Waals surface area contributed by atoms with E-state index in [9.17, 15) is 0 Å². The first kappa shape index (κ1) is 12.2. The SMILES string of the molecule is CCCN(c1cccc(Cl)c1C(=N)N)C1CC1. The molecule has 0 atom stereocenters. The molecule has 1 aliphatic rings. The molecule has 0 aromatic heterocycles. The van der Waals surface area contributed by atoms with E-state index in [0.717, 1.165) is 18.7 Å². The highest BCUT2D eigenvalue weighted by atomic mass is 35.5. The van der Waals surface area contributed by atoms with Gasteiger partial charge in [-0.15, -0.1) is 0 Å². The number of anilines is 1. The summed E-state index contributed by atoms with van der Waals surface area (Å²) in [6.07, 6.45) is 3.54. The van der Waals surface area contributed by atoms with Crippen molar-refractivity contribution < 1.29 is 0 Å². The summed E-state index contributed by atoms with van der Waals surface area (Å²) in [5.74, 6) is 0.0485. The van der Waals surface area contributed by atoms with Crippen LogP contribution in [0.25, 0.3) is 0 Å². The van der Waals surface area contributed by atoms with Gasteiger partial charge in [0.15, 0.2) is 0 Å². The van der Waals surface area contributed by atoms with Crippen LogP contribution in [0, 0.1) is 5.41 Å². The summed E-state index contributed by atoms with van der Waals surface area (Å²) in [4.78, 5) is 2.34. The second-order valence-electron chi connectivity index (χ2n) is 4.47. The highest BCUT2D eigenvalue weighted by Crippen LogP contribution is 2.35. The summed E-state index contributed by atoms with van der Waals surface area (Å²) in [5, 5.41) is 8.24.